The quantitative estimate of drug-likeness (QED) is 0.788. The van der Waals surface area contributed by atoms with E-state index >= 15 is 0 Å². The highest BCUT2D eigenvalue weighted by molar-refractivity contribution is 5.76. The van der Waals surface area contributed by atoms with Crippen molar-refractivity contribution < 1.29 is 14.3 Å². The van der Waals surface area contributed by atoms with E-state index in [9.17, 15) is 9.59 Å². The van der Waals surface area contributed by atoms with E-state index in [2.05, 4.69) is 29.1 Å². The van der Waals surface area contributed by atoms with Crippen LogP contribution in [-0.4, -0.2) is 68.3 Å². The molecule has 0 radical (unpaired) electrons. The molecule has 28 heavy (non-hydrogen) atoms. The van der Waals surface area contributed by atoms with Gasteiger partial charge in [-0.25, -0.2) is 14.5 Å². The van der Waals surface area contributed by atoms with E-state index in [0.29, 0.717) is 39.0 Å². The maximum absolute atomic E-state index is 12.4. The van der Waals surface area contributed by atoms with E-state index in [-0.39, 0.29) is 24.5 Å². The highest BCUT2D eigenvalue weighted by atomic mass is 16.6. The van der Waals surface area contributed by atoms with Gasteiger partial charge in [-0.2, -0.15) is 5.10 Å². The number of ether oxygens (including phenoxy) is 1. The number of carbonyl (C=O) groups excluding carboxylic acids is 2. The highest BCUT2D eigenvalue weighted by Crippen LogP contribution is 2.34. The molecule has 0 N–H and O–H groups in total. The van der Waals surface area contributed by atoms with Gasteiger partial charge in [-0.15, -0.1) is 0 Å². The standard InChI is InChI=1S/C20H25N5O3/c1-16(17-5-3-2-4-6-17)11-24-13-20(28-19(24)27)7-9-23(10-8-20)18(26)12-25-15-21-14-22-25/h2-6,14-16H,7-13H2,1H3. The van der Waals surface area contributed by atoms with Crippen molar-refractivity contribution in [1.29, 1.82) is 0 Å². The first-order chi connectivity index (χ1) is 13.5. The molecule has 1 atom stereocenters. The molecule has 3 heterocycles. The summed E-state index contributed by atoms with van der Waals surface area (Å²) in [6.07, 6.45) is 4.04. The largest absolute Gasteiger partial charge is 0.441 e. The van der Waals surface area contributed by atoms with Crippen molar-refractivity contribution in [2.24, 2.45) is 0 Å². The number of hydrogen-bond donors (Lipinski definition) is 0. The molecule has 1 aromatic carbocycles. The number of piperidine rings is 1. The van der Waals surface area contributed by atoms with Crippen molar-refractivity contribution in [2.45, 2.75) is 37.8 Å². The lowest BCUT2D eigenvalue weighted by atomic mass is 9.91. The van der Waals surface area contributed by atoms with Crippen LogP contribution < -0.4 is 0 Å². The van der Waals surface area contributed by atoms with Gasteiger partial charge in [-0.1, -0.05) is 37.3 Å². The fourth-order valence-electron chi connectivity index (χ4n) is 4.03. The first-order valence-corrected chi connectivity index (χ1v) is 9.68. The van der Waals surface area contributed by atoms with Crippen molar-refractivity contribution in [1.82, 2.24) is 24.6 Å². The van der Waals surface area contributed by atoms with E-state index in [4.69, 9.17) is 4.74 Å². The fraction of sp³-hybridized carbons (Fsp3) is 0.500. The normalized spacial score (nSPS) is 19.7. The zero-order valence-corrected chi connectivity index (χ0v) is 16.0. The Labute approximate surface area is 164 Å². The van der Waals surface area contributed by atoms with Gasteiger partial charge >= 0.3 is 6.09 Å². The molecule has 1 aromatic heterocycles. The van der Waals surface area contributed by atoms with Gasteiger partial charge < -0.3 is 14.5 Å². The molecule has 8 heteroatoms. The maximum Gasteiger partial charge on any atom is 0.410 e. The lowest BCUT2D eigenvalue weighted by molar-refractivity contribution is -0.135. The minimum atomic E-state index is -0.475. The molecule has 4 rings (SSSR count). The molecular weight excluding hydrogens is 358 g/mol. The van der Waals surface area contributed by atoms with Crippen LogP contribution in [0.25, 0.3) is 0 Å². The summed E-state index contributed by atoms with van der Waals surface area (Å²) in [5.74, 6) is 0.257. The van der Waals surface area contributed by atoms with Gasteiger partial charge in [0, 0.05) is 32.5 Å². The zero-order chi connectivity index (χ0) is 19.6. The molecular formula is C20H25N5O3. The number of likely N-dealkylation sites (tertiary alicyclic amines) is 1. The summed E-state index contributed by atoms with van der Waals surface area (Å²) in [6, 6.07) is 10.2. The van der Waals surface area contributed by atoms with Gasteiger partial charge in [0.15, 0.2) is 0 Å². The summed E-state index contributed by atoms with van der Waals surface area (Å²) in [5.41, 5.74) is 0.738. The number of amides is 2. The third-order valence-corrected chi connectivity index (χ3v) is 5.70. The minimum absolute atomic E-state index is 0.0132. The summed E-state index contributed by atoms with van der Waals surface area (Å²) in [7, 11) is 0. The Morgan fingerprint density at radius 3 is 2.68 bits per heavy atom. The maximum atomic E-state index is 12.4. The lowest BCUT2D eigenvalue weighted by Crippen LogP contribution is -2.49. The summed E-state index contributed by atoms with van der Waals surface area (Å²) < 4.78 is 7.32. The molecule has 2 aromatic rings. The molecule has 0 aliphatic carbocycles. The van der Waals surface area contributed by atoms with Crippen LogP contribution in [0.4, 0.5) is 4.79 Å². The van der Waals surface area contributed by atoms with Crippen molar-refractivity contribution >= 4 is 12.0 Å². The Morgan fingerprint density at radius 2 is 2.00 bits per heavy atom. The van der Waals surface area contributed by atoms with E-state index in [0.717, 1.165) is 0 Å². The number of carbonyl (C=O) groups is 2. The monoisotopic (exact) mass is 383 g/mol. The second-order valence-electron chi connectivity index (χ2n) is 7.72. The van der Waals surface area contributed by atoms with Gasteiger partial charge in [0.25, 0.3) is 0 Å². The molecule has 2 aliphatic rings. The summed E-state index contributed by atoms with van der Waals surface area (Å²) in [6.45, 7) is 4.71. The van der Waals surface area contributed by atoms with Gasteiger partial charge in [0.1, 0.15) is 24.8 Å². The lowest BCUT2D eigenvalue weighted by Gasteiger charge is -2.37. The van der Waals surface area contributed by atoms with E-state index in [1.807, 2.05) is 28.0 Å². The number of aromatic nitrogens is 3. The predicted octanol–water partition coefficient (Wildman–Crippen LogP) is 1.90. The smallest absolute Gasteiger partial charge is 0.410 e. The SMILES string of the molecule is CC(CN1CC2(CCN(C(=O)Cn3cncn3)CC2)OC1=O)c1ccccc1. The Morgan fingerprint density at radius 1 is 1.25 bits per heavy atom. The number of benzene rings is 1. The summed E-state index contributed by atoms with van der Waals surface area (Å²) >= 11 is 0. The molecule has 8 nitrogen and oxygen atoms in total. The van der Waals surface area contributed by atoms with Crippen molar-refractivity contribution in [2.75, 3.05) is 26.2 Å². The van der Waals surface area contributed by atoms with Crippen LogP contribution in [0.3, 0.4) is 0 Å². The molecule has 2 saturated heterocycles. The highest BCUT2D eigenvalue weighted by Gasteiger charge is 2.47. The Hall–Kier alpha value is -2.90. The fourth-order valence-corrected chi connectivity index (χ4v) is 4.03. The van der Waals surface area contributed by atoms with Crippen LogP contribution in [0.2, 0.25) is 0 Å². The van der Waals surface area contributed by atoms with Crippen LogP contribution >= 0.6 is 0 Å². The van der Waals surface area contributed by atoms with Gasteiger partial charge in [0.2, 0.25) is 5.91 Å². The Balaban J connectivity index is 1.32. The average molecular weight is 383 g/mol. The number of rotatable bonds is 5. The molecule has 1 unspecified atom stereocenters. The molecule has 0 saturated carbocycles. The molecule has 2 amide bonds. The van der Waals surface area contributed by atoms with Crippen LogP contribution in [-0.2, 0) is 16.1 Å². The first-order valence-electron chi connectivity index (χ1n) is 9.68. The first kappa shape index (κ1) is 18.5. The van der Waals surface area contributed by atoms with Gasteiger partial charge in [0.05, 0.1) is 6.54 Å². The molecule has 2 fully saturated rings. The average Bonchev–Trinajstić information content (AvgIpc) is 3.31. The van der Waals surface area contributed by atoms with E-state index < -0.39 is 5.60 Å². The Kier molecular flexibility index (Phi) is 5.02. The second-order valence-corrected chi connectivity index (χ2v) is 7.72. The minimum Gasteiger partial charge on any atom is -0.441 e. The topological polar surface area (TPSA) is 80.6 Å². The van der Waals surface area contributed by atoms with Crippen LogP contribution in [0, 0.1) is 0 Å². The predicted molar refractivity (Wildman–Crippen MR) is 101 cm³/mol. The van der Waals surface area contributed by atoms with Crippen molar-refractivity contribution in [3.8, 4) is 0 Å². The number of hydrogen-bond acceptors (Lipinski definition) is 5. The molecule has 0 bridgehead atoms. The van der Waals surface area contributed by atoms with Crippen molar-refractivity contribution in [3.05, 3.63) is 48.5 Å². The zero-order valence-electron chi connectivity index (χ0n) is 16.0. The third kappa shape index (κ3) is 3.85. The van der Waals surface area contributed by atoms with Crippen LogP contribution in [0.15, 0.2) is 43.0 Å². The van der Waals surface area contributed by atoms with Crippen LogP contribution in [0.5, 0.6) is 0 Å². The summed E-state index contributed by atoms with van der Waals surface area (Å²) in [4.78, 5) is 32.3. The Bertz CT molecular complexity index is 816. The van der Waals surface area contributed by atoms with Crippen LogP contribution in [0.1, 0.15) is 31.2 Å². The van der Waals surface area contributed by atoms with Crippen molar-refractivity contribution in [3.63, 3.8) is 0 Å². The summed E-state index contributed by atoms with van der Waals surface area (Å²) in [5, 5.41) is 3.98. The third-order valence-electron chi connectivity index (χ3n) is 5.70. The second kappa shape index (κ2) is 7.61. The van der Waals surface area contributed by atoms with Gasteiger partial charge in [-0.05, 0) is 11.5 Å². The van der Waals surface area contributed by atoms with E-state index in [1.54, 1.807) is 0 Å². The molecule has 148 valence electrons. The number of nitrogens with zero attached hydrogens (tertiary/aromatic N) is 5. The molecule has 2 aliphatic heterocycles. The van der Waals surface area contributed by atoms with Gasteiger partial charge in [-0.3, -0.25) is 4.79 Å². The molecule has 1 spiro atoms. The van der Waals surface area contributed by atoms with E-state index in [1.165, 1.54) is 22.9 Å².